The normalized spacial score (nSPS) is 19.9. The van der Waals surface area contributed by atoms with Crippen molar-refractivity contribution in [3.05, 3.63) is 47.5 Å². The van der Waals surface area contributed by atoms with Crippen LogP contribution in [0.25, 0.3) is 0 Å². The lowest BCUT2D eigenvalue weighted by molar-refractivity contribution is -0.140. The van der Waals surface area contributed by atoms with Crippen LogP contribution < -0.4 is 4.74 Å². The molecule has 1 fully saturated rings. The summed E-state index contributed by atoms with van der Waals surface area (Å²) in [6.45, 7) is 2.95. The van der Waals surface area contributed by atoms with Gasteiger partial charge in [-0.1, -0.05) is 0 Å². The number of nitrogens with zero attached hydrogens (tertiary/aromatic N) is 3. The van der Waals surface area contributed by atoms with Crippen molar-refractivity contribution >= 4 is 5.91 Å². The summed E-state index contributed by atoms with van der Waals surface area (Å²) in [6.07, 6.45) is 4.12. The minimum Gasteiger partial charge on any atom is -0.491 e. The van der Waals surface area contributed by atoms with E-state index >= 15 is 0 Å². The quantitative estimate of drug-likeness (QED) is 0.841. The zero-order chi connectivity index (χ0) is 19.4. The molecule has 0 aliphatic carbocycles. The Bertz CT molecular complexity index is 790. The maximum absolute atomic E-state index is 13.0. The topological polar surface area (TPSA) is 67.6 Å². The Morgan fingerprint density at radius 1 is 1.37 bits per heavy atom. The van der Waals surface area contributed by atoms with Gasteiger partial charge < -0.3 is 14.7 Å². The second-order valence-corrected chi connectivity index (χ2v) is 7.26. The Hall–Kier alpha value is -2.41. The molecule has 27 heavy (non-hydrogen) atoms. The molecule has 0 spiro atoms. The molecular formula is C20H26FN3O3. The van der Waals surface area contributed by atoms with E-state index in [1.165, 1.54) is 24.3 Å². The van der Waals surface area contributed by atoms with Crippen molar-refractivity contribution in [2.75, 3.05) is 19.7 Å². The van der Waals surface area contributed by atoms with Crippen molar-refractivity contribution in [3.63, 3.8) is 0 Å². The number of likely N-dealkylation sites (tertiary alicyclic amines) is 1. The van der Waals surface area contributed by atoms with Crippen LogP contribution in [-0.4, -0.2) is 51.0 Å². The maximum atomic E-state index is 13.0. The Morgan fingerprint density at radius 3 is 2.78 bits per heavy atom. The number of halogens is 1. The van der Waals surface area contributed by atoms with Crippen LogP contribution in [0.5, 0.6) is 5.75 Å². The average Bonchev–Trinajstić information content (AvgIpc) is 2.98. The number of β-amino-alcohol motifs (C(OH)–C–C–N with tert-alkyl or cyclic N) is 1. The first-order valence-corrected chi connectivity index (χ1v) is 9.22. The summed E-state index contributed by atoms with van der Waals surface area (Å²) >= 11 is 0. The average molecular weight is 375 g/mol. The Balaban J connectivity index is 1.53. The van der Waals surface area contributed by atoms with Crippen LogP contribution in [0.1, 0.15) is 30.5 Å². The van der Waals surface area contributed by atoms with Crippen LogP contribution in [0.2, 0.25) is 0 Å². The molecule has 1 aromatic carbocycles. The standard InChI is InChI=1S/C20H26FN3O3/c1-15-16(12-22-23(15)2)4-9-19(25)24-11-3-10-20(26,13-24)14-27-18-7-5-17(21)6-8-18/h5-8,12,26H,3-4,9-11,13-14H2,1-2H3. The summed E-state index contributed by atoms with van der Waals surface area (Å²) in [5, 5.41) is 15.0. The molecule has 0 radical (unpaired) electrons. The minimum atomic E-state index is -1.09. The zero-order valence-corrected chi connectivity index (χ0v) is 15.8. The highest BCUT2D eigenvalue weighted by atomic mass is 19.1. The fraction of sp³-hybridized carbons (Fsp3) is 0.500. The molecule has 1 unspecified atom stereocenters. The molecule has 6 nitrogen and oxygen atoms in total. The third kappa shape index (κ3) is 4.86. The number of carbonyl (C=O) groups excluding carboxylic acids is 1. The van der Waals surface area contributed by atoms with Gasteiger partial charge in [-0.2, -0.15) is 5.10 Å². The number of rotatable bonds is 6. The first-order valence-electron chi connectivity index (χ1n) is 9.22. The molecule has 1 aromatic heterocycles. The fourth-order valence-corrected chi connectivity index (χ4v) is 3.38. The number of aliphatic hydroxyl groups is 1. The summed E-state index contributed by atoms with van der Waals surface area (Å²) in [6, 6.07) is 5.69. The molecule has 7 heteroatoms. The number of hydrogen-bond donors (Lipinski definition) is 1. The van der Waals surface area contributed by atoms with Gasteiger partial charge in [-0.25, -0.2) is 4.39 Å². The fourth-order valence-electron chi connectivity index (χ4n) is 3.38. The Kier molecular flexibility index (Phi) is 5.79. The maximum Gasteiger partial charge on any atom is 0.223 e. The van der Waals surface area contributed by atoms with Gasteiger partial charge in [-0.05, 0) is 56.0 Å². The lowest BCUT2D eigenvalue weighted by atomic mass is 9.93. The van der Waals surface area contributed by atoms with Gasteiger partial charge in [0.05, 0.1) is 12.7 Å². The molecule has 0 saturated carbocycles. The van der Waals surface area contributed by atoms with Gasteiger partial charge in [0, 0.05) is 25.7 Å². The van der Waals surface area contributed by atoms with Crippen LogP contribution in [0, 0.1) is 12.7 Å². The molecule has 1 aliphatic rings. The van der Waals surface area contributed by atoms with Crippen LogP contribution in [0.3, 0.4) is 0 Å². The number of amides is 1. The van der Waals surface area contributed by atoms with E-state index in [1.54, 1.807) is 15.8 Å². The lowest BCUT2D eigenvalue weighted by Crippen LogP contribution is -2.53. The highest BCUT2D eigenvalue weighted by Gasteiger charge is 2.36. The van der Waals surface area contributed by atoms with Crippen molar-refractivity contribution in [1.82, 2.24) is 14.7 Å². The first kappa shape index (κ1) is 19.4. The molecule has 2 aromatic rings. The molecular weight excluding hydrogens is 349 g/mol. The molecule has 3 rings (SSSR count). The van der Waals surface area contributed by atoms with E-state index in [9.17, 15) is 14.3 Å². The molecule has 1 amide bonds. The largest absolute Gasteiger partial charge is 0.491 e. The van der Waals surface area contributed by atoms with Crippen LogP contribution in [0.4, 0.5) is 4.39 Å². The lowest BCUT2D eigenvalue weighted by Gasteiger charge is -2.39. The van der Waals surface area contributed by atoms with E-state index in [0.717, 1.165) is 17.7 Å². The van der Waals surface area contributed by atoms with Crippen molar-refractivity contribution in [2.24, 2.45) is 7.05 Å². The number of ether oxygens (including phenoxy) is 1. The van der Waals surface area contributed by atoms with E-state index < -0.39 is 5.60 Å². The molecule has 2 heterocycles. The smallest absolute Gasteiger partial charge is 0.223 e. The van der Waals surface area contributed by atoms with Crippen molar-refractivity contribution in [2.45, 2.75) is 38.2 Å². The first-order chi connectivity index (χ1) is 12.9. The number of benzene rings is 1. The third-order valence-electron chi connectivity index (χ3n) is 5.17. The van der Waals surface area contributed by atoms with E-state index in [1.807, 2.05) is 14.0 Å². The van der Waals surface area contributed by atoms with Gasteiger partial charge >= 0.3 is 0 Å². The molecule has 0 bridgehead atoms. The predicted molar refractivity (Wildman–Crippen MR) is 98.9 cm³/mol. The van der Waals surface area contributed by atoms with E-state index in [4.69, 9.17) is 4.74 Å². The van der Waals surface area contributed by atoms with Gasteiger partial charge in [-0.15, -0.1) is 0 Å². The Labute approximate surface area is 158 Å². The number of aromatic nitrogens is 2. The second-order valence-electron chi connectivity index (χ2n) is 7.26. The summed E-state index contributed by atoms with van der Waals surface area (Å²) in [5.41, 5.74) is 1.04. The molecule has 146 valence electrons. The highest BCUT2D eigenvalue weighted by Crippen LogP contribution is 2.24. The van der Waals surface area contributed by atoms with Crippen LogP contribution in [-0.2, 0) is 18.3 Å². The van der Waals surface area contributed by atoms with Gasteiger partial charge in [0.2, 0.25) is 5.91 Å². The predicted octanol–water partition coefficient (Wildman–Crippen LogP) is 2.23. The molecule has 1 aliphatic heterocycles. The van der Waals surface area contributed by atoms with E-state index in [0.29, 0.717) is 31.6 Å². The van der Waals surface area contributed by atoms with E-state index in [2.05, 4.69) is 5.10 Å². The van der Waals surface area contributed by atoms with Gasteiger partial charge in [0.1, 0.15) is 23.8 Å². The SMILES string of the molecule is Cc1c(CCC(=O)N2CCCC(O)(COc3ccc(F)cc3)C2)cnn1C. The summed E-state index contributed by atoms with van der Waals surface area (Å²) < 4.78 is 20.4. The number of aryl methyl sites for hydroxylation is 2. The number of hydrogen-bond acceptors (Lipinski definition) is 4. The minimum absolute atomic E-state index is 0.0261. The summed E-state index contributed by atoms with van der Waals surface area (Å²) in [7, 11) is 1.88. The van der Waals surface area contributed by atoms with Gasteiger partial charge in [0.15, 0.2) is 0 Å². The number of carbonyl (C=O) groups is 1. The van der Waals surface area contributed by atoms with E-state index in [-0.39, 0.29) is 24.9 Å². The van der Waals surface area contributed by atoms with Crippen LogP contribution >= 0.6 is 0 Å². The highest BCUT2D eigenvalue weighted by molar-refractivity contribution is 5.76. The molecule has 1 N–H and O–H groups in total. The molecule has 1 atom stereocenters. The van der Waals surface area contributed by atoms with Crippen molar-refractivity contribution < 1.29 is 19.0 Å². The second kappa shape index (κ2) is 8.08. The monoisotopic (exact) mass is 375 g/mol. The summed E-state index contributed by atoms with van der Waals surface area (Å²) in [5.74, 6) is 0.192. The Morgan fingerprint density at radius 2 is 2.11 bits per heavy atom. The van der Waals surface area contributed by atoms with Crippen molar-refractivity contribution in [1.29, 1.82) is 0 Å². The summed E-state index contributed by atoms with van der Waals surface area (Å²) in [4.78, 5) is 14.3. The zero-order valence-electron chi connectivity index (χ0n) is 15.8. The van der Waals surface area contributed by atoms with Gasteiger partial charge in [0.25, 0.3) is 0 Å². The third-order valence-corrected chi connectivity index (χ3v) is 5.17. The molecule has 1 saturated heterocycles. The van der Waals surface area contributed by atoms with Crippen molar-refractivity contribution in [3.8, 4) is 5.75 Å². The van der Waals surface area contributed by atoms with Gasteiger partial charge in [-0.3, -0.25) is 9.48 Å². The number of piperidine rings is 1. The van der Waals surface area contributed by atoms with Crippen LogP contribution in [0.15, 0.2) is 30.5 Å².